The van der Waals surface area contributed by atoms with Crippen molar-refractivity contribution in [1.82, 2.24) is 0 Å². The maximum atomic E-state index is 10.5. The van der Waals surface area contributed by atoms with Gasteiger partial charge in [0.1, 0.15) is 0 Å². The predicted molar refractivity (Wildman–Crippen MR) is 75.1 cm³/mol. The molecule has 1 aromatic carbocycles. The van der Waals surface area contributed by atoms with Crippen LogP contribution in [0.5, 0.6) is 11.5 Å². The molecule has 0 aliphatic rings. The molecule has 0 bridgehead atoms. The lowest BCUT2D eigenvalue weighted by Gasteiger charge is -2.13. The van der Waals surface area contributed by atoms with Gasteiger partial charge in [-0.3, -0.25) is 0 Å². The second kappa shape index (κ2) is 7.69. The van der Waals surface area contributed by atoms with E-state index in [0.717, 1.165) is 18.9 Å². The Morgan fingerprint density at radius 3 is 2.79 bits per heavy atom. The SMILES string of the molecule is CCCCOc1c(Cl)cc(/C=C/C(=O)O)cc1OC. The van der Waals surface area contributed by atoms with E-state index >= 15 is 0 Å². The maximum absolute atomic E-state index is 10.5. The van der Waals surface area contributed by atoms with E-state index in [0.29, 0.717) is 28.7 Å². The zero-order valence-corrected chi connectivity index (χ0v) is 11.7. The number of carbonyl (C=O) groups is 1. The van der Waals surface area contributed by atoms with Crippen molar-refractivity contribution >= 4 is 23.6 Å². The number of methoxy groups -OCH3 is 1. The van der Waals surface area contributed by atoms with Crippen LogP contribution in [-0.2, 0) is 4.79 Å². The molecule has 0 fully saturated rings. The Labute approximate surface area is 117 Å². The number of unbranched alkanes of at least 4 members (excludes halogenated alkanes) is 1. The molecule has 0 radical (unpaired) electrons. The van der Waals surface area contributed by atoms with Crippen molar-refractivity contribution in [2.75, 3.05) is 13.7 Å². The predicted octanol–water partition coefficient (Wildman–Crippen LogP) is 3.63. The van der Waals surface area contributed by atoms with Gasteiger partial charge in [-0.15, -0.1) is 0 Å². The lowest BCUT2D eigenvalue weighted by Crippen LogP contribution is -2.00. The minimum atomic E-state index is -1.02. The van der Waals surface area contributed by atoms with Crippen molar-refractivity contribution in [3.05, 3.63) is 28.8 Å². The molecule has 4 nitrogen and oxygen atoms in total. The number of hydrogen-bond acceptors (Lipinski definition) is 3. The van der Waals surface area contributed by atoms with Gasteiger partial charge in [0.25, 0.3) is 0 Å². The summed E-state index contributed by atoms with van der Waals surface area (Å²) in [5.74, 6) is -0.0305. The average Bonchev–Trinajstić information content (AvgIpc) is 2.38. The molecule has 1 rings (SSSR count). The van der Waals surface area contributed by atoms with E-state index in [2.05, 4.69) is 6.92 Å². The van der Waals surface area contributed by atoms with E-state index in [4.69, 9.17) is 26.2 Å². The van der Waals surface area contributed by atoms with E-state index in [1.54, 1.807) is 12.1 Å². The molecule has 0 aromatic heterocycles. The first-order chi connectivity index (χ1) is 9.08. The van der Waals surface area contributed by atoms with Gasteiger partial charge in [0, 0.05) is 6.08 Å². The summed E-state index contributed by atoms with van der Waals surface area (Å²) < 4.78 is 10.8. The molecule has 0 spiro atoms. The van der Waals surface area contributed by atoms with Gasteiger partial charge in [-0.2, -0.15) is 0 Å². The minimum absolute atomic E-state index is 0.403. The lowest BCUT2D eigenvalue weighted by atomic mass is 10.2. The summed E-state index contributed by atoms with van der Waals surface area (Å²) in [6.45, 7) is 2.64. The quantitative estimate of drug-likeness (QED) is 0.614. The van der Waals surface area contributed by atoms with Crippen molar-refractivity contribution in [2.45, 2.75) is 19.8 Å². The smallest absolute Gasteiger partial charge is 0.328 e. The van der Waals surface area contributed by atoms with E-state index in [-0.39, 0.29) is 0 Å². The third-order valence-corrected chi connectivity index (χ3v) is 2.70. The Hall–Kier alpha value is -1.68. The fraction of sp³-hybridized carbons (Fsp3) is 0.357. The second-order valence-corrected chi connectivity index (χ2v) is 4.31. The summed E-state index contributed by atoms with van der Waals surface area (Å²) in [7, 11) is 1.52. The van der Waals surface area contributed by atoms with Gasteiger partial charge in [0.2, 0.25) is 0 Å². The maximum Gasteiger partial charge on any atom is 0.328 e. The summed E-state index contributed by atoms with van der Waals surface area (Å²) in [4.78, 5) is 10.5. The second-order valence-electron chi connectivity index (χ2n) is 3.91. The van der Waals surface area contributed by atoms with Gasteiger partial charge in [0.05, 0.1) is 18.7 Å². The van der Waals surface area contributed by atoms with Crippen molar-refractivity contribution in [3.8, 4) is 11.5 Å². The fourth-order valence-corrected chi connectivity index (χ4v) is 1.74. The first-order valence-corrected chi connectivity index (χ1v) is 6.37. The third kappa shape index (κ3) is 4.83. The van der Waals surface area contributed by atoms with Crippen molar-refractivity contribution in [3.63, 3.8) is 0 Å². The molecule has 0 heterocycles. The summed E-state index contributed by atoms with van der Waals surface area (Å²) in [5.41, 5.74) is 0.645. The number of carboxylic acid groups (broad SMARTS) is 1. The van der Waals surface area contributed by atoms with Crippen molar-refractivity contribution in [2.24, 2.45) is 0 Å². The first-order valence-electron chi connectivity index (χ1n) is 5.99. The number of hydrogen-bond donors (Lipinski definition) is 1. The number of halogens is 1. The van der Waals surface area contributed by atoms with Crippen molar-refractivity contribution < 1.29 is 19.4 Å². The summed E-state index contributed by atoms with van der Waals surface area (Å²) in [6.07, 6.45) is 4.45. The number of carboxylic acids is 1. The van der Waals surface area contributed by atoms with Gasteiger partial charge in [-0.1, -0.05) is 24.9 Å². The average molecular weight is 285 g/mol. The van der Waals surface area contributed by atoms with Crippen LogP contribution in [0.3, 0.4) is 0 Å². The highest BCUT2D eigenvalue weighted by molar-refractivity contribution is 6.32. The van der Waals surface area contributed by atoms with Crippen molar-refractivity contribution in [1.29, 1.82) is 0 Å². The molecule has 5 heteroatoms. The molecule has 0 amide bonds. The highest BCUT2D eigenvalue weighted by atomic mass is 35.5. The van der Waals surface area contributed by atoms with E-state index in [1.807, 2.05) is 0 Å². The molecule has 0 atom stereocenters. The Morgan fingerprint density at radius 2 is 2.21 bits per heavy atom. The van der Waals surface area contributed by atoms with Crippen LogP contribution in [0.1, 0.15) is 25.3 Å². The fourth-order valence-electron chi connectivity index (χ4n) is 1.46. The molecular formula is C14H17ClO4. The van der Waals surface area contributed by atoms with E-state index < -0.39 is 5.97 Å². The van der Waals surface area contributed by atoms with Crippen LogP contribution in [0.2, 0.25) is 5.02 Å². The number of rotatable bonds is 7. The van der Waals surface area contributed by atoms with Crippen LogP contribution >= 0.6 is 11.6 Å². The standard InChI is InChI=1S/C14H17ClO4/c1-3-4-7-19-14-11(15)8-10(5-6-13(16)17)9-12(14)18-2/h5-6,8-9H,3-4,7H2,1-2H3,(H,16,17)/b6-5+. The summed E-state index contributed by atoms with van der Waals surface area (Å²) in [5, 5.41) is 9.00. The Morgan fingerprint density at radius 1 is 1.47 bits per heavy atom. The molecule has 1 aromatic rings. The largest absolute Gasteiger partial charge is 0.493 e. The molecule has 1 N–H and O–H groups in total. The molecule has 0 saturated carbocycles. The summed E-state index contributed by atoms with van der Waals surface area (Å²) in [6, 6.07) is 3.33. The van der Waals surface area contributed by atoms with E-state index in [9.17, 15) is 4.79 Å². The number of aliphatic carboxylic acids is 1. The molecule has 0 saturated heterocycles. The molecular weight excluding hydrogens is 268 g/mol. The molecule has 104 valence electrons. The third-order valence-electron chi connectivity index (χ3n) is 2.41. The molecule has 0 aliphatic carbocycles. The highest BCUT2D eigenvalue weighted by Crippen LogP contribution is 2.36. The van der Waals surface area contributed by atoms with Crippen LogP contribution < -0.4 is 9.47 Å². The Kier molecular flexibility index (Phi) is 6.22. The van der Waals surface area contributed by atoms with Crippen LogP contribution in [0.4, 0.5) is 0 Å². The summed E-state index contributed by atoms with van der Waals surface area (Å²) >= 11 is 6.12. The number of ether oxygens (including phenoxy) is 2. The van der Waals surface area contributed by atoms with Crippen LogP contribution in [0.25, 0.3) is 6.08 Å². The lowest BCUT2D eigenvalue weighted by molar-refractivity contribution is -0.131. The minimum Gasteiger partial charge on any atom is -0.493 e. The molecule has 0 aliphatic heterocycles. The topological polar surface area (TPSA) is 55.8 Å². The van der Waals surface area contributed by atoms with Gasteiger partial charge in [-0.05, 0) is 30.2 Å². The van der Waals surface area contributed by atoms with Gasteiger partial charge < -0.3 is 14.6 Å². The molecule has 0 unspecified atom stereocenters. The first kappa shape index (κ1) is 15.4. The monoisotopic (exact) mass is 284 g/mol. The number of benzene rings is 1. The van der Waals surface area contributed by atoms with E-state index in [1.165, 1.54) is 13.2 Å². The highest BCUT2D eigenvalue weighted by Gasteiger charge is 2.11. The normalized spacial score (nSPS) is 10.7. The van der Waals surface area contributed by atoms with Crippen LogP contribution in [0, 0.1) is 0 Å². The molecule has 19 heavy (non-hydrogen) atoms. The van der Waals surface area contributed by atoms with Gasteiger partial charge in [0.15, 0.2) is 11.5 Å². The zero-order valence-electron chi connectivity index (χ0n) is 11.0. The van der Waals surface area contributed by atoms with Crippen LogP contribution in [0.15, 0.2) is 18.2 Å². The zero-order chi connectivity index (χ0) is 14.3. The Balaban J connectivity index is 2.97. The van der Waals surface area contributed by atoms with Crippen LogP contribution in [-0.4, -0.2) is 24.8 Å². The Bertz CT molecular complexity index is 469. The van der Waals surface area contributed by atoms with Gasteiger partial charge >= 0.3 is 5.97 Å². The van der Waals surface area contributed by atoms with Gasteiger partial charge in [-0.25, -0.2) is 4.79 Å².